The van der Waals surface area contributed by atoms with E-state index in [1.54, 1.807) is 0 Å². The van der Waals surface area contributed by atoms with Crippen LogP contribution in [0.4, 0.5) is 0 Å². The first-order valence-corrected chi connectivity index (χ1v) is 7.35. The Morgan fingerprint density at radius 2 is 2.00 bits per heavy atom. The number of benzene rings is 1. The summed E-state index contributed by atoms with van der Waals surface area (Å²) in [6, 6.07) is 3.06. The molecule has 6 heteroatoms. The molecular formula is C15H17BrO5. The molecule has 5 nitrogen and oxygen atoms in total. The second kappa shape index (κ2) is 9.14. The predicted molar refractivity (Wildman–Crippen MR) is 82.6 cm³/mol. The third-order valence-corrected chi connectivity index (χ3v) is 3.06. The summed E-state index contributed by atoms with van der Waals surface area (Å²) in [6.45, 7) is 0.389. The first kappa shape index (κ1) is 17.2. The quantitative estimate of drug-likeness (QED) is 0.310. The molecule has 0 spiro atoms. The number of esters is 1. The van der Waals surface area contributed by atoms with Crippen LogP contribution in [0, 0.1) is 12.3 Å². The molecule has 1 aromatic carbocycles. The van der Waals surface area contributed by atoms with E-state index in [9.17, 15) is 4.79 Å². The maximum atomic E-state index is 12.0. The molecule has 0 N–H and O–H groups in total. The smallest absolute Gasteiger partial charge is 0.338 e. The third-order valence-electron chi connectivity index (χ3n) is 2.50. The van der Waals surface area contributed by atoms with Crippen molar-refractivity contribution in [3.63, 3.8) is 0 Å². The Morgan fingerprint density at radius 3 is 2.57 bits per heavy atom. The molecule has 0 heterocycles. The summed E-state index contributed by atoms with van der Waals surface area (Å²) in [5.41, 5.74) is 0.314. The van der Waals surface area contributed by atoms with Crippen LogP contribution >= 0.6 is 15.9 Å². The number of halogens is 1. The zero-order valence-electron chi connectivity index (χ0n) is 12.0. The van der Waals surface area contributed by atoms with E-state index >= 15 is 0 Å². The maximum absolute atomic E-state index is 12.0. The van der Waals surface area contributed by atoms with Crippen molar-refractivity contribution in [2.45, 2.75) is 6.42 Å². The van der Waals surface area contributed by atoms with Crippen molar-refractivity contribution in [1.82, 2.24) is 0 Å². The van der Waals surface area contributed by atoms with Crippen molar-refractivity contribution in [3.8, 4) is 29.6 Å². The fourth-order valence-corrected chi connectivity index (χ4v) is 1.81. The molecule has 1 rings (SSSR count). The van der Waals surface area contributed by atoms with Crippen LogP contribution in [0.3, 0.4) is 0 Å². The number of hydrogen-bond acceptors (Lipinski definition) is 5. The lowest BCUT2D eigenvalue weighted by atomic mass is 10.2. The van der Waals surface area contributed by atoms with Gasteiger partial charge in [-0.3, -0.25) is 0 Å². The predicted octanol–water partition coefficient (Wildman–Crippen LogP) is 2.66. The van der Waals surface area contributed by atoms with Crippen molar-refractivity contribution in [3.05, 3.63) is 17.7 Å². The molecule has 0 aliphatic rings. The SMILES string of the molecule is C#CCOc1cc(C(=O)OCCCBr)cc(OC)c1OC. The van der Waals surface area contributed by atoms with Gasteiger partial charge in [0.25, 0.3) is 0 Å². The minimum Gasteiger partial charge on any atom is -0.493 e. The lowest BCUT2D eigenvalue weighted by molar-refractivity contribution is 0.0505. The molecule has 0 aliphatic carbocycles. The molecule has 0 unspecified atom stereocenters. The Bertz CT molecular complexity index is 522. The van der Waals surface area contributed by atoms with Gasteiger partial charge in [-0.15, -0.1) is 6.42 Å². The summed E-state index contributed by atoms with van der Waals surface area (Å²) in [6.07, 6.45) is 5.91. The van der Waals surface area contributed by atoms with Gasteiger partial charge < -0.3 is 18.9 Å². The first-order valence-electron chi connectivity index (χ1n) is 6.23. The molecule has 0 atom stereocenters. The van der Waals surface area contributed by atoms with Gasteiger partial charge in [0, 0.05) is 5.33 Å². The summed E-state index contributed by atoms with van der Waals surface area (Å²) in [5.74, 6) is 2.99. The second-order valence-corrected chi connectivity index (χ2v) is 4.67. The van der Waals surface area contributed by atoms with Gasteiger partial charge in [-0.1, -0.05) is 21.9 Å². The summed E-state index contributed by atoms with van der Waals surface area (Å²) >= 11 is 3.27. The Kier molecular flexibility index (Phi) is 7.48. The van der Waals surface area contributed by atoms with Crippen LogP contribution in [0.2, 0.25) is 0 Å². The largest absolute Gasteiger partial charge is 0.493 e. The van der Waals surface area contributed by atoms with E-state index in [1.807, 2.05) is 0 Å². The molecule has 0 aromatic heterocycles. The maximum Gasteiger partial charge on any atom is 0.338 e. The molecule has 1 aromatic rings. The molecule has 0 aliphatic heterocycles. The lowest BCUT2D eigenvalue weighted by Gasteiger charge is -2.14. The zero-order chi connectivity index (χ0) is 15.7. The van der Waals surface area contributed by atoms with Gasteiger partial charge in [-0.05, 0) is 18.6 Å². The van der Waals surface area contributed by atoms with Crippen molar-refractivity contribution >= 4 is 21.9 Å². The van der Waals surface area contributed by atoms with Crippen LogP contribution in [0.5, 0.6) is 17.2 Å². The molecule has 0 bridgehead atoms. The van der Waals surface area contributed by atoms with Gasteiger partial charge in [-0.25, -0.2) is 4.79 Å². The fraction of sp³-hybridized carbons (Fsp3) is 0.400. The highest BCUT2D eigenvalue weighted by atomic mass is 79.9. The van der Waals surface area contributed by atoms with Crippen molar-refractivity contribution in [1.29, 1.82) is 0 Å². The second-order valence-electron chi connectivity index (χ2n) is 3.88. The number of rotatable bonds is 8. The Labute approximate surface area is 132 Å². The summed E-state index contributed by atoms with van der Waals surface area (Å²) in [5, 5.41) is 0.767. The fourth-order valence-electron chi connectivity index (χ4n) is 1.58. The highest BCUT2D eigenvalue weighted by molar-refractivity contribution is 9.09. The van der Waals surface area contributed by atoms with Crippen molar-refractivity contribution < 1.29 is 23.7 Å². The Hall–Kier alpha value is -1.87. The third kappa shape index (κ3) is 4.87. The number of alkyl halides is 1. The minimum absolute atomic E-state index is 0.0571. The van der Waals surface area contributed by atoms with Gasteiger partial charge in [0.1, 0.15) is 6.61 Å². The standard InChI is InChI=1S/C15H17BrO5/c1-4-7-20-13-10-11(15(17)21-8-5-6-16)9-12(18-2)14(13)19-3/h1,9-10H,5-8H2,2-3H3. The number of terminal acetylenes is 1. The van der Waals surface area contributed by atoms with Crippen molar-refractivity contribution in [2.75, 3.05) is 32.8 Å². The minimum atomic E-state index is -0.456. The van der Waals surface area contributed by atoms with Crippen LogP contribution < -0.4 is 14.2 Å². The van der Waals surface area contributed by atoms with Gasteiger partial charge in [0.05, 0.1) is 26.4 Å². The molecule has 0 amide bonds. The summed E-state index contributed by atoms with van der Waals surface area (Å²) < 4.78 is 20.9. The van der Waals surface area contributed by atoms with Crippen LogP contribution in [0.25, 0.3) is 0 Å². The van der Waals surface area contributed by atoms with E-state index in [2.05, 4.69) is 21.9 Å². The van der Waals surface area contributed by atoms with E-state index in [-0.39, 0.29) is 6.61 Å². The molecule has 114 valence electrons. The van der Waals surface area contributed by atoms with Crippen LogP contribution in [-0.4, -0.2) is 38.7 Å². The molecule has 0 radical (unpaired) electrons. The first-order chi connectivity index (χ1) is 10.2. The number of carbonyl (C=O) groups is 1. The highest BCUT2D eigenvalue weighted by Gasteiger charge is 2.18. The average molecular weight is 357 g/mol. The molecular weight excluding hydrogens is 340 g/mol. The number of carbonyl (C=O) groups excluding carboxylic acids is 1. The van der Waals surface area contributed by atoms with Gasteiger partial charge in [0.15, 0.2) is 11.5 Å². The van der Waals surface area contributed by atoms with Crippen LogP contribution in [-0.2, 0) is 4.74 Å². The molecule has 0 saturated heterocycles. The number of methoxy groups -OCH3 is 2. The molecule has 0 saturated carbocycles. The van der Waals surface area contributed by atoms with E-state index in [1.165, 1.54) is 26.4 Å². The van der Waals surface area contributed by atoms with Gasteiger partial charge >= 0.3 is 5.97 Å². The summed E-state index contributed by atoms with van der Waals surface area (Å²) in [4.78, 5) is 12.0. The van der Waals surface area contributed by atoms with E-state index in [4.69, 9.17) is 25.4 Å². The molecule has 0 fully saturated rings. The Balaban J connectivity index is 3.04. The number of ether oxygens (including phenoxy) is 4. The van der Waals surface area contributed by atoms with Crippen molar-refractivity contribution in [2.24, 2.45) is 0 Å². The van der Waals surface area contributed by atoms with E-state index in [0.29, 0.717) is 29.4 Å². The van der Waals surface area contributed by atoms with Crippen LogP contribution in [0.1, 0.15) is 16.8 Å². The lowest BCUT2D eigenvalue weighted by Crippen LogP contribution is -2.08. The van der Waals surface area contributed by atoms with E-state index in [0.717, 1.165) is 11.8 Å². The van der Waals surface area contributed by atoms with Crippen LogP contribution in [0.15, 0.2) is 12.1 Å². The van der Waals surface area contributed by atoms with Gasteiger partial charge in [-0.2, -0.15) is 0 Å². The average Bonchev–Trinajstić information content (AvgIpc) is 2.51. The Morgan fingerprint density at radius 1 is 1.29 bits per heavy atom. The van der Waals surface area contributed by atoms with E-state index < -0.39 is 5.97 Å². The monoisotopic (exact) mass is 356 g/mol. The van der Waals surface area contributed by atoms with Gasteiger partial charge in [0.2, 0.25) is 5.75 Å². The zero-order valence-corrected chi connectivity index (χ0v) is 13.6. The highest BCUT2D eigenvalue weighted by Crippen LogP contribution is 2.38. The normalized spacial score (nSPS) is 9.62. The number of hydrogen-bond donors (Lipinski definition) is 0. The molecule has 21 heavy (non-hydrogen) atoms. The topological polar surface area (TPSA) is 54.0 Å². The summed E-state index contributed by atoms with van der Waals surface area (Å²) in [7, 11) is 2.96.